The third-order valence-electron chi connectivity index (χ3n) is 2.48. The highest BCUT2D eigenvalue weighted by Gasteiger charge is 2.18. The standard InChI is InChI=1S/C12H21NO2/c1-12(2,3)11(14)5-4-6-13-7-9-15-10-8-13/h4-5H,6-10H2,1-3H3/b5-4+. The van der Waals surface area contributed by atoms with Crippen molar-refractivity contribution in [1.29, 1.82) is 0 Å². The first-order valence-corrected chi connectivity index (χ1v) is 5.51. The van der Waals surface area contributed by atoms with Crippen LogP contribution in [0, 0.1) is 5.41 Å². The second-order valence-electron chi connectivity index (χ2n) is 4.93. The highest BCUT2D eigenvalue weighted by molar-refractivity contribution is 5.93. The molecule has 0 aliphatic carbocycles. The fourth-order valence-electron chi connectivity index (χ4n) is 1.34. The molecule has 1 aliphatic heterocycles. The summed E-state index contributed by atoms with van der Waals surface area (Å²) in [7, 11) is 0. The molecule has 0 amide bonds. The maximum Gasteiger partial charge on any atom is 0.160 e. The average molecular weight is 211 g/mol. The lowest BCUT2D eigenvalue weighted by molar-refractivity contribution is -0.121. The van der Waals surface area contributed by atoms with Crippen LogP contribution < -0.4 is 0 Å². The van der Waals surface area contributed by atoms with E-state index in [0.717, 1.165) is 32.8 Å². The van der Waals surface area contributed by atoms with E-state index in [1.54, 1.807) is 6.08 Å². The van der Waals surface area contributed by atoms with E-state index in [9.17, 15) is 4.79 Å². The Morgan fingerprint density at radius 2 is 1.93 bits per heavy atom. The summed E-state index contributed by atoms with van der Waals surface area (Å²) >= 11 is 0. The molecule has 0 aromatic rings. The molecule has 3 heteroatoms. The molecule has 86 valence electrons. The molecule has 0 atom stereocenters. The lowest BCUT2D eigenvalue weighted by Gasteiger charge is -2.25. The van der Waals surface area contributed by atoms with Gasteiger partial charge >= 0.3 is 0 Å². The fourth-order valence-corrected chi connectivity index (χ4v) is 1.34. The molecule has 1 heterocycles. The van der Waals surface area contributed by atoms with Crippen LogP contribution in [-0.2, 0) is 9.53 Å². The SMILES string of the molecule is CC(C)(C)C(=O)/C=C/CN1CCOCC1. The summed E-state index contributed by atoms with van der Waals surface area (Å²) < 4.78 is 5.25. The number of rotatable bonds is 3. The second kappa shape index (κ2) is 5.42. The predicted molar refractivity (Wildman–Crippen MR) is 60.9 cm³/mol. The first kappa shape index (κ1) is 12.4. The molecule has 1 aliphatic rings. The Balaban J connectivity index is 2.29. The van der Waals surface area contributed by atoms with Crippen molar-refractivity contribution in [1.82, 2.24) is 4.90 Å². The van der Waals surface area contributed by atoms with Gasteiger partial charge in [0.2, 0.25) is 0 Å². The van der Waals surface area contributed by atoms with Crippen molar-refractivity contribution in [3.05, 3.63) is 12.2 Å². The molecule has 0 aromatic heterocycles. The van der Waals surface area contributed by atoms with Crippen LogP contribution in [0.15, 0.2) is 12.2 Å². The maximum absolute atomic E-state index is 11.6. The van der Waals surface area contributed by atoms with Gasteiger partial charge in [0.15, 0.2) is 5.78 Å². The highest BCUT2D eigenvalue weighted by Crippen LogP contribution is 2.14. The van der Waals surface area contributed by atoms with Crippen molar-refractivity contribution in [3.63, 3.8) is 0 Å². The third-order valence-corrected chi connectivity index (χ3v) is 2.48. The zero-order valence-electron chi connectivity index (χ0n) is 9.95. The molecule has 1 saturated heterocycles. The lowest BCUT2D eigenvalue weighted by Crippen LogP contribution is -2.36. The van der Waals surface area contributed by atoms with Gasteiger partial charge in [-0.05, 0) is 6.08 Å². The minimum absolute atomic E-state index is 0.191. The molecule has 0 spiro atoms. The Bertz CT molecular complexity index is 234. The zero-order valence-corrected chi connectivity index (χ0v) is 9.95. The molecule has 0 radical (unpaired) electrons. The van der Waals surface area contributed by atoms with E-state index in [-0.39, 0.29) is 11.2 Å². The summed E-state index contributed by atoms with van der Waals surface area (Å²) in [4.78, 5) is 13.9. The molecule has 0 bridgehead atoms. The summed E-state index contributed by atoms with van der Waals surface area (Å²) in [5, 5.41) is 0. The van der Waals surface area contributed by atoms with Crippen LogP contribution in [0.1, 0.15) is 20.8 Å². The number of carbonyl (C=O) groups excluding carboxylic acids is 1. The minimum Gasteiger partial charge on any atom is -0.379 e. The Morgan fingerprint density at radius 3 is 2.47 bits per heavy atom. The second-order valence-corrected chi connectivity index (χ2v) is 4.93. The predicted octanol–water partition coefficient (Wildman–Crippen LogP) is 1.49. The number of nitrogens with zero attached hydrogens (tertiary/aromatic N) is 1. The largest absolute Gasteiger partial charge is 0.379 e. The highest BCUT2D eigenvalue weighted by atomic mass is 16.5. The van der Waals surface area contributed by atoms with E-state index in [2.05, 4.69) is 4.90 Å². The Kier molecular flexibility index (Phi) is 4.48. The fraction of sp³-hybridized carbons (Fsp3) is 0.750. The molecule has 0 aromatic carbocycles. The topological polar surface area (TPSA) is 29.5 Å². The van der Waals surface area contributed by atoms with Gasteiger partial charge < -0.3 is 4.74 Å². The zero-order chi connectivity index (χ0) is 11.3. The number of ether oxygens (including phenoxy) is 1. The first-order valence-electron chi connectivity index (χ1n) is 5.51. The Labute approximate surface area is 92.1 Å². The molecule has 1 fully saturated rings. The van der Waals surface area contributed by atoms with E-state index in [0.29, 0.717) is 0 Å². The van der Waals surface area contributed by atoms with Crippen LogP contribution in [0.5, 0.6) is 0 Å². The van der Waals surface area contributed by atoms with E-state index in [1.807, 2.05) is 26.8 Å². The van der Waals surface area contributed by atoms with E-state index in [1.165, 1.54) is 0 Å². The summed E-state index contributed by atoms with van der Waals surface area (Å²) in [5.74, 6) is 0.191. The quantitative estimate of drug-likeness (QED) is 0.662. The summed E-state index contributed by atoms with van der Waals surface area (Å²) in [6.45, 7) is 10.2. The van der Waals surface area contributed by atoms with Crippen molar-refractivity contribution in [2.75, 3.05) is 32.8 Å². The van der Waals surface area contributed by atoms with E-state index >= 15 is 0 Å². The van der Waals surface area contributed by atoms with Gasteiger partial charge in [-0.2, -0.15) is 0 Å². The molecule has 0 unspecified atom stereocenters. The minimum atomic E-state index is -0.262. The number of carbonyl (C=O) groups is 1. The summed E-state index contributed by atoms with van der Waals surface area (Å²) in [6, 6.07) is 0. The molecular formula is C12H21NO2. The van der Waals surface area contributed by atoms with Crippen molar-refractivity contribution >= 4 is 5.78 Å². The smallest absolute Gasteiger partial charge is 0.160 e. The molecular weight excluding hydrogens is 190 g/mol. The van der Waals surface area contributed by atoms with Gasteiger partial charge in [-0.1, -0.05) is 26.8 Å². The Morgan fingerprint density at radius 1 is 1.33 bits per heavy atom. The van der Waals surface area contributed by atoms with Gasteiger partial charge in [0.25, 0.3) is 0 Å². The molecule has 0 N–H and O–H groups in total. The number of allylic oxidation sites excluding steroid dienone is 1. The van der Waals surface area contributed by atoms with Crippen molar-refractivity contribution in [2.45, 2.75) is 20.8 Å². The average Bonchev–Trinajstić information content (AvgIpc) is 2.18. The molecule has 15 heavy (non-hydrogen) atoms. The summed E-state index contributed by atoms with van der Waals surface area (Å²) in [5.41, 5.74) is -0.262. The van der Waals surface area contributed by atoms with Crippen LogP contribution in [0.25, 0.3) is 0 Å². The molecule has 1 rings (SSSR count). The first-order chi connectivity index (χ1) is 7.00. The van der Waals surface area contributed by atoms with Gasteiger partial charge in [0.1, 0.15) is 0 Å². The van der Waals surface area contributed by atoms with Crippen LogP contribution in [0.3, 0.4) is 0 Å². The van der Waals surface area contributed by atoms with Crippen LogP contribution in [-0.4, -0.2) is 43.5 Å². The maximum atomic E-state index is 11.6. The summed E-state index contributed by atoms with van der Waals surface area (Å²) in [6.07, 6.45) is 3.66. The van der Waals surface area contributed by atoms with E-state index < -0.39 is 0 Å². The van der Waals surface area contributed by atoms with Gasteiger partial charge in [-0.15, -0.1) is 0 Å². The van der Waals surface area contributed by atoms with Crippen LogP contribution in [0.4, 0.5) is 0 Å². The number of hydrogen-bond acceptors (Lipinski definition) is 3. The normalized spacial score (nSPS) is 19.7. The number of ketones is 1. The van der Waals surface area contributed by atoms with Gasteiger partial charge in [0, 0.05) is 25.0 Å². The van der Waals surface area contributed by atoms with E-state index in [4.69, 9.17) is 4.74 Å². The van der Waals surface area contributed by atoms with Crippen molar-refractivity contribution in [2.24, 2.45) is 5.41 Å². The monoisotopic (exact) mass is 211 g/mol. The number of morpholine rings is 1. The Hall–Kier alpha value is -0.670. The van der Waals surface area contributed by atoms with Gasteiger partial charge in [0.05, 0.1) is 13.2 Å². The number of hydrogen-bond donors (Lipinski definition) is 0. The van der Waals surface area contributed by atoms with Crippen LogP contribution in [0.2, 0.25) is 0 Å². The molecule has 0 saturated carbocycles. The molecule has 3 nitrogen and oxygen atoms in total. The van der Waals surface area contributed by atoms with Crippen molar-refractivity contribution < 1.29 is 9.53 Å². The lowest BCUT2D eigenvalue weighted by atomic mass is 9.91. The van der Waals surface area contributed by atoms with Crippen molar-refractivity contribution in [3.8, 4) is 0 Å². The van der Waals surface area contributed by atoms with Crippen LogP contribution >= 0.6 is 0 Å². The third kappa shape index (κ3) is 4.58. The van der Waals surface area contributed by atoms with Gasteiger partial charge in [-0.25, -0.2) is 0 Å². The van der Waals surface area contributed by atoms with Gasteiger partial charge in [-0.3, -0.25) is 9.69 Å².